The first-order valence-corrected chi connectivity index (χ1v) is 7.56. The van der Waals surface area contributed by atoms with Crippen LogP contribution in [-0.2, 0) is 14.8 Å². The molecular formula is C12H17FN2O3S. The minimum absolute atomic E-state index is 0.00584. The number of nitrogens with two attached hydrogens (primary N) is 1. The fraction of sp³-hybridized carbons (Fsp3) is 0.500. The third kappa shape index (κ3) is 3.23. The molecule has 0 radical (unpaired) electrons. The quantitative estimate of drug-likeness (QED) is 0.820. The summed E-state index contributed by atoms with van der Waals surface area (Å²) < 4.78 is 45.6. The van der Waals surface area contributed by atoms with E-state index in [1.807, 2.05) is 6.92 Å². The van der Waals surface area contributed by atoms with Crippen LogP contribution < -0.4 is 10.5 Å². The number of ether oxygens (including phenoxy) is 1. The lowest BCUT2D eigenvalue weighted by molar-refractivity contribution is 0.0173. The smallest absolute Gasteiger partial charge is 0.242 e. The van der Waals surface area contributed by atoms with Gasteiger partial charge in [-0.3, -0.25) is 0 Å². The van der Waals surface area contributed by atoms with Gasteiger partial charge < -0.3 is 10.5 Å². The summed E-state index contributed by atoms with van der Waals surface area (Å²) in [6, 6.07) is 3.54. The summed E-state index contributed by atoms with van der Waals surface area (Å²) in [6.07, 6.45) is 1.19. The normalized spacial score (nSPS) is 24.3. The highest BCUT2D eigenvalue weighted by Gasteiger charge is 2.26. The average Bonchev–Trinajstić information content (AvgIpc) is 2.32. The van der Waals surface area contributed by atoms with E-state index in [2.05, 4.69) is 4.72 Å². The summed E-state index contributed by atoms with van der Waals surface area (Å²) in [5.74, 6) is -0.733. The lowest BCUT2D eigenvalue weighted by atomic mass is 10.1. The number of nitrogens with one attached hydrogen (secondary N) is 1. The van der Waals surface area contributed by atoms with Gasteiger partial charge in [-0.25, -0.2) is 17.5 Å². The molecule has 0 aliphatic carbocycles. The van der Waals surface area contributed by atoms with Crippen molar-refractivity contribution in [1.29, 1.82) is 0 Å². The number of benzene rings is 1. The largest absolute Gasteiger partial charge is 0.395 e. The monoisotopic (exact) mass is 288 g/mol. The van der Waals surface area contributed by atoms with Gasteiger partial charge in [0.2, 0.25) is 10.0 Å². The SMILES string of the molecule is CC1CC(NS(=O)(=O)c2cccc(F)c2N)CCO1. The fourth-order valence-corrected chi connectivity index (χ4v) is 3.56. The molecule has 1 aliphatic heterocycles. The number of hydrogen-bond acceptors (Lipinski definition) is 4. The lowest BCUT2D eigenvalue weighted by Gasteiger charge is -2.27. The number of rotatable bonds is 3. The second-order valence-electron chi connectivity index (χ2n) is 4.68. The number of sulfonamides is 1. The molecule has 0 saturated carbocycles. The van der Waals surface area contributed by atoms with Gasteiger partial charge in [-0.1, -0.05) is 6.07 Å². The van der Waals surface area contributed by atoms with Crippen LogP contribution in [0.4, 0.5) is 10.1 Å². The van der Waals surface area contributed by atoms with Crippen molar-refractivity contribution in [2.75, 3.05) is 12.3 Å². The Labute approximate surface area is 112 Å². The Morgan fingerprint density at radius 2 is 2.21 bits per heavy atom. The van der Waals surface area contributed by atoms with Gasteiger partial charge in [0.15, 0.2) is 0 Å². The van der Waals surface area contributed by atoms with Crippen molar-refractivity contribution in [3.63, 3.8) is 0 Å². The van der Waals surface area contributed by atoms with Crippen LogP contribution in [0.1, 0.15) is 19.8 Å². The van der Waals surface area contributed by atoms with Gasteiger partial charge >= 0.3 is 0 Å². The molecule has 2 rings (SSSR count). The molecule has 0 spiro atoms. The molecule has 1 aromatic carbocycles. The molecule has 5 nitrogen and oxygen atoms in total. The van der Waals surface area contributed by atoms with Gasteiger partial charge in [0.05, 0.1) is 11.8 Å². The molecule has 7 heteroatoms. The van der Waals surface area contributed by atoms with Gasteiger partial charge in [-0.05, 0) is 31.9 Å². The molecule has 2 unspecified atom stereocenters. The Kier molecular flexibility index (Phi) is 4.07. The van der Waals surface area contributed by atoms with E-state index in [9.17, 15) is 12.8 Å². The number of anilines is 1. The number of para-hydroxylation sites is 1. The maximum Gasteiger partial charge on any atom is 0.242 e. The molecule has 3 N–H and O–H groups in total. The van der Waals surface area contributed by atoms with E-state index < -0.39 is 15.8 Å². The van der Waals surface area contributed by atoms with Crippen molar-refractivity contribution < 1.29 is 17.5 Å². The van der Waals surface area contributed by atoms with Crippen molar-refractivity contribution in [3.8, 4) is 0 Å². The Bertz CT molecular complexity index is 562. The number of nitrogen functional groups attached to an aromatic ring is 1. The minimum atomic E-state index is -3.81. The summed E-state index contributed by atoms with van der Waals surface area (Å²) in [7, 11) is -3.81. The van der Waals surface area contributed by atoms with Crippen LogP contribution >= 0.6 is 0 Å². The van der Waals surface area contributed by atoms with Crippen molar-refractivity contribution in [2.45, 2.75) is 36.8 Å². The van der Waals surface area contributed by atoms with Crippen molar-refractivity contribution in [1.82, 2.24) is 4.72 Å². The molecule has 2 atom stereocenters. The summed E-state index contributed by atoms with van der Waals surface area (Å²) in [4.78, 5) is -0.216. The summed E-state index contributed by atoms with van der Waals surface area (Å²) in [5.41, 5.74) is 5.13. The molecule has 106 valence electrons. The van der Waals surface area contributed by atoms with Crippen LogP contribution in [-0.4, -0.2) is 27.2 Å². The summed E-state index contributed by atoms with van der Waals surface area (Å²) in [5, 5.41) is 0. The Morgan fingerprint density at radius 3 is 2.89 bits per heavy atom. The van der Waals surface area contributed by atoms with E-state index in [0.29, 0.717) is 19.4 Å². The van der Waals surface area contributed by atoms with Gasteiger partial charge in [0, 0.05) is 12.6 Å². The van der Waals surface area contributed by atoms with Crippen LogP contribution in [0, 0.1) is 5.82 Å². The molecule has 19 heavy (non-hydrogen) atoms. The third-order valence-corrected chi connectivity index (χ3v) is 4.69. The van der Waals surface area contributed by atoms with E-state index in [0.717, 1.165) is 6.07 Å². The van der Waals surface area contributed by atoms with Gasteiger partial charge in [-0.15, -0.1) is 0 Å². The van der Waals surface area contributed by atoms with E-state index in [-0.39, 0.29) is 22.7 Å². The molecule has 0 aromatic heterocycles. The highest BCUT2D eigenvalue weighted by Crippen LogP contribution is 2.23. The first-order chi connectivity index (χ1) is 8.90. The topological polar surface area (TPSA) is 81.4 Å². The van der Waals surface area contributed by atoms with Crippen LogP contribution in [0.3, 0.4) is 0 Å². The molecule has 1 fully saturated rings. The number of halogens is 1. The summed E-state index contributed by atoms with van der Waals surface area (Å²) >= 11 is 0. The molecule has 1 aromatic rings. The molecule has 0 bridgehead atoms. The van der Waals surface area contributed by atoms with Gasteiger partial charge in [-0.2, -0.15) is 0 Å². The number of hydrogen-bond donors (Lipinski definition) is 2. The van der Waals surface area contributed by atoms with E-state index in [1.54, 1.807) is 0 Å². The first kappa shape index (κ1) is 14.2. The first-order valence-electron chi connectivity index (χ1n) is 6.08. The zero-order chi connectivity index (χ0) is 14.0. The fourth-order valence-electron chi connectivity index (χ4n) is 2.14. The van der Waals surface area contributed by atoms with Crippen molar-refractivity contribution in [2.24, 2.45) is 0 Å². The predicted octanol–water partition coefficient (Wildman–Crippen LogP) is 1.25. The third-order valence-electron chi connectivity index (χ3n) is 3.11. The lowest BCUT2D eigenvalue weighted by Crippen LogP contribution is -2.41. The van der Waals surface area contributed by atoms with Crippen molar-refractivity contribution in [3.05, 3.63) is 24.0 Å². The summed E-state index contributed by atoms with van der Waals surface area (Å²) in [6.45, 7) is 2.39. The Morgan fingerprint density at radius 1 is 1.47 bits per heavy atom. The molecule has 0 amide bonds. The zero-order valence-corrected chi connectivity index (χ0v) is 11.4. The van der Waals surface area contributed by atoms with E-state index in [4.69, 9.17) is 10.5 Å². The van der Waals surface area contributed by atoms with Gasteiger partial charge in [0.1, 0.15) is 10.7 Å². The molecular weight excluding hydrogens is 271 g/mol. The van der Waals surface area contributed by atoms with Crippen molar-refractivity contribution >= 4 is 15.7 Å². The minimum Gasteiger partial charge on any atom is -0.395 e. The predicted molar refractivity (Wildman–Crippen MR) is 69.6 cm³/mol. The standard InChI is InChI=1S/C12H17FN2O3S/c1-8-7-9(5-6-18-8)15-19(16,17)11-4-2-3-10(13)12(11)14/h2-4,8-9,15H,5-7,14H2,1H3. The Balaban J connectivity index is 2.20. The van der Waals surface area contributed by atoms with E-state index in [1.165, 1.54) is 12.1 Å². The van der Waals surface area contributed by atoms with Crippen LogP contribution in [0.2, 0.25) is 0 Å². The second-order valence-corrected chi connectivity index (χ2v) is 6.36. The molecule has 1 heterocycles. The van der Waals surface area contributed by atoms with Crippen LogP contribution in [0.15, 0.2) is 23.1 Å². The highest BCUT2D eigenvalue weighted by molar-refractivity contribution is 7.89. The Hall–Kier alpha value is -1.18. The van der Waals surface area contributed by atoms with Gasteiger partial charge in [0.25, 0.3) is 0 Å². The second kappa shape index (κ2) is 5.44. The maximum atomic E-state index is 13.3. The molecule has 1 saturated heterocycles. The van der Waals surface area contributed by atoms with Crippen LogP contribution in [0.5, 0.6) is 0 Å². The highest BCUT2D eigenvalue weighted by atomic mass is 32.2. The average molecular weight is 288 g/mol. The molecule has 1 aliphatic rings. The van der Waals surface area contributed by atoms with E-state index >= 15 is 0 Å². The van der Waals surface area contributed by atoms with Crippen LogP contribution in [0.25, 0.3) is 0 Å². The maximum absolute atomic E-state index is 13.3. The zero-order valence-electron chi connectivity index (χ0n) is 10.6.